The summed E-state index contributed by atoms with van der Waals surface area (Å²) in [5, 5.41) is 8.25. The lowest BCUT2D eigenvalue weighted by molar-refractivity contribution is -0.114. The topological polar surface area (TPSA) is 41.1 Å². The predicted octanol–water partition coefficient (Wildman–Crippen LogP) is 4.04. The van der Waals surface area contributed by atoms with Crippen LogP contribution in [0.2, 0.25) is 0 Å². The highest BCUT2D eigenvalue weighted by atomic mass is 32.2. The van der Waals surface area contributed by atoms with E-state index in [1.165, 1.54) is 11.8 Å². The van der Waals surface area contributed by atoms with Gasteiger partial charge in [-0.2, -0.15) is 0 Å². The molecule has 0 aliphatic rings. The minimum absolute atomic E-state index is 0.0378. The Morgan fingerprint density at radius 3 is 2.79 bits per heavy atom. The van der Waals surface area contributed by atoms with E-state index in [-0.39, 0.29) is 5.91 Å². The number of thiophene rings is 1. The number of para-hydroxylation sites is 1. The third-order valence-electron chi connectivity index (χ3n) is 2.60. The van der Waals surface area contributed by atoms with E-state index in [1.807, 2.05) is 23.6 Å². The van der Waals surface area contributed by atoms with E-state index in [9.17, 15) is 4.79 Å². The Bertz CT molecular complexity index is 566. The number of amides is 1. The number of benzene rings is 1. The van der Waals surface area contributed by atoms with Crippen molar-refractivity contribution in [1.82, 2.24) is 0 Å². The number of rotatable bonds is 5. The molecule has 2 aromatic rings. The molecule has 0 saturated heterocycles. The highest BCUT2D eigenvalue weighted by Gasteiger charge is 2.06. The van der Waals surface area contributed by atoms with Crippen LogP contribution < -0.4 is 10.6 Å². The Hall–Kier alpha value is -1.46. The van der Waals surface area contributed by atoms with Crippen LogP contribution in [0.25, 0.3) is 0 Å². The fraction of sp³-hybridized carbons (Fsp3) is 0.214. The molecule has 0 aliphatic heterocycles. The quantitative estimate of drug-likeness (QED) is 0.817. The average Bonchev–Trinajstić information content (AvgIpc) is 2.83. The van der Waals surface area contributed by atoms with Crippen molar-refractivity contribution in [3.05, 3.63) is 40.6 Å². The summed E-state index contributed by atoms with van der Waals surface area (Å²) >= 11 is 3.36. The Morgan fingerprint density at radius 1 is 1.26 bits per heavy atom. The van der Waals surface area contributed by atoms with Crippen LogP contribution in [0, 0.1) is 0 Å². The summed E-state index contributed by atoms with van der Waals surface area (Å²) in [7, 11) is 0. The molecule has 1 heterocycles. The van der Waals surface area contributed by atoms with Gasteiger partial charge in [-0.1, -0.05) is 12.1 Å². The van der Waals surface area contributed by atoms with Gasteiger partial charge in [-0.15, -0.1) is 23.1 Å². The molecule has 0 fully saturated rings. The monoisotopic (exact) mass is 292 g/mol. The minimum atomic E-state index is -0.0378. The number of carbonyl (C=O) groups excluding carboxylic acids is 1. The highest BCUT2D eigenvalue weighted by Crippen LogP contribution is 2.27. The largest absolute Gasteiger partial charge is 0.379 e. The summed E-state index contributed by atoms with van der Waals surface area (Å²) in [5.74, 6) is -0.0378. The van der Waals surface area contributed by atoms with Crippen LogP contribution in [0.4, 0.5) is 11.4 Å². The summed E-state index contributed by atoms with van der Waals surface area (Å²) in [6, 6.07) is 10.1. The second-order valence-electron chi connectivity index (χ2n) is 3.99. The molecule has 3 nitrogen and oxygen atoms in total. The van der Waals surface area contributed by atoms with Crippen molar-refractivity contribution >= 4 is 40.4 Å². The lowest BCUT2D eigenvalue weighted by Crippen LogP contribution is -2.08. The maximum Gasteiger partial charge on any atom is 0.221 e. The SMILES string of the molecule is CSc1ccccc1NCc1sccc1NC(C)=O. The third kappa shape index (κ3) is 3.75. The summed E-state index contributed by atoms with van der Waals surface area (Å²) in [6.07, 6.45) is 2.06. The van der Waals surface area contributed by atoms with Gasteiger partial charge in [0.25, 0.3) is 0 Å². The van der Waals surface area contributed by atoms with E-state index in [2.05, 4.69) is 29.0 Å². The Morgan fingerprint density at radius 2 is 2.05 bits per heavy atom. The van der Waals surface area contributed by atoms with E-state index in [0.29, 0.717) is 6.54 Å². The fourth-order valence-corrected chi connectivity index (χ4v) is 3.09. The van der Waals surface area contributed by atoms with Gasteiger partial charge in [0.15, 0.2) is 0 Å². The first-order valence-corrected chi connectivity index (χ1v) is 8.02. The average molecular weight is 292 g/mol. The molecule has 0 aliphatic carbocycles. The van der Waals surface area contributed by atoms with Crippen molar-refractivity contribution in [1.29, 1.82) is 0 Å². The van der Waals surface area contributed by atoms with E-state index in [1.54, 1.807) is 23.1 Å². The van der Waals surface area contributed by atoms with Crippen molar-refractivity contribution in [3.8, 4) is 0 Å². The Balaban J connectivity index is 2.06. The third-order valence-corrected chi connectivity index (χ3v) is 4.32. The van der Waals surface area contributed by atoms with E-state index >= 15 is 0 Å². The normalized spacial score (nSPS) is 10.2. The van der Waals surface area contributed by atoms with Crippen LogP contribution in [0.3, 0.4) is 0 Å². The van der Waals surface area contributed by atoms with E-state index in [4.69, 9.17) is 0 Å². The molecule has 19 heavy (non-hydrogen) atoms. The van der Waals surface area contributed by atoms with Crippen molar-refractivity contribution < 1.29 is 4.79 Å². The molecule has 0 bridgehead atoms. The van der Waals surface area contributed by atoms with Gasteiger partial charge < -0.3 is 10.6 Å². The molecule has 2 N–H and O–H groups in total. The molecular weight excluding hydrogens is 276 g/mol. The second kappa shape index (κ2) is 6.63. The van der Waals surface area contributed by atoms with Gasteiger partial charge in [-0.05, 0) is 29.8 Å². The lowest BCUT2D eigenvalue weighted by atomic mass is 10.3. The molecule has 1 aromatic carbocycles. The number of nitrogens with one attached hydrogen (secondary N) is 2. The van der Waals surface area contributed by atoms with Gasteiger partial charge in [0.05, 0.1) is 12.2 Å². The van der Waals surface area contributed by atoms with Crippen molar-refractivity contribution in [2.24, 2.45) is 0 Å². The molecule has 0 unspecified atom stereocenters. The number of carbonyl (C=O) groups is 1. The van der Waals surface area contributed by atoms with Crippen LogP contribution in [0.5, 0.6) is 0 Å². The van der Waals surface area contributed by atoms with E-state index in [0.717, 1.165) is 16.3 Å². The van der Waals surface area contributed by atoms with Crippen LogP contribution in [0.15, 0.2) is 40.6 Å². The van der Waals surface area contributed by atoms with Gasteiger partial charge in [0.1, 0.15) is 0 Å². The van der Waals surface area contributed by atoms with Crippen molar-refractivity contribution in [2.75, 3.05) is 16.9 Å². The molecule has 5 heteroatoms. The zero-order valence-electron chi connectivity index (χ0n) is 10.9. The van der Waals surface area contributed by atoms with Gasteiger partial charge in [-0.25, -0.2) is 0 Å². The van der Waals surface area contributed by atoms with Crippen LogP contribution >= 0.6 is 23.1 Å². The van der Waals surface area contributed by atoms with Gasteiger partial charge >= 0.3 is 0 Å². The van der Waals surface area contributed by atoms with Gasteiger partial charge in [0.2, 0.25) is 5.91 Å². The maximum absolute atomic E-state index is 11.1. The van der Waals surface area contributed by atoms with E-state index < -0.39 is 0 Å². The molecule has 100 valence electrons. The molecule has 0 radical (unpaired) electrons. The number of hydrogen-bond donors (Lipinski definition) is 2. The summed E-state index contributed by atoms with van der Waals surface area (Å²) in [6.45, 7) is 2.24. The zero-order valence-corrected chi connectivity index (χ0v) is 12.5. The number of hydrogen-bond acceptors (Lipinski definition) is 4. The van der Waals surface area contributed by atoms with Gasteiger partial charge in [0, 0.05) is 22.4 Å². The van der Waals surface area contributed by atoms with Crippen molar-refractivity contribution in [2.45, 2.75) is 18.4 Å². The standard InChI is InChI=1S/C14H16N2OS2/c1-10(17)16-12-7-8-19-14(12)9-15-11-5-3-4-6-13(11)18-2/h3-8,15H,9H2,1-2H3,(H,16,17). The predicted molar refractivity (Wildman–Crippen MR) is 84.2 cm³/mol. The molecule has 0 saturated carbocycles. The number of thioether (sulfide) groups is 1. The Labute approximate surface area is 121 Å². The van der Waals surface area contributed by atoms with Crippen LogP contribution in [-0.4, -0.2) is 12.2 Å². The highest BCUT2D eigenvalue weighted by molar-refractivity contribution is 7.98. The summed E-state index contributed by atoms with van der Waals surface area (Å²) in [4.78, 5) is 13.5. The Kier molecular flexibility index (Phi) is 4.87. The first-order valence-electron chi connectivity index (χ1n) is 5.91. The van der Waals surface area contributed by atoms with Crippen LogP contribution in [0.1, 0.15) is 11.8 Å². The molecule has 1 aromatic heterocycles. The van der Waals surface area contributed by atoms with Crippen molar-refractivity contribution in [3.63, 3.8) is 0 Å². The fourth-order valence-electron chi connectivity index (χ4n) is 1.74. The first kappa shape index (κ1) is 14.0. The lowest BCUT2D eigenvalue weighted by Gasteiger charge is -2.10. The molecule has 1 amide bonds. The smallest absolute Gasteiger partial charge is 0.221 e. The van der Waals surface area contributed by atoms with Gasteiger partial charge in [-0.3, -0.25) is 4.79 Å². The minimum Gasteiger partial charge on any atom is -0.379 e. The second-order valence-corrected chi connectivity index (χ2v) is 5.84. The molecule has 0 atom stereocenters. The summed E-state index contributed by atoms with van der Waals surface area (Å²) in [5.41, 5.74) is 2.02. The molecule has 2 rings (SSSR count). The number of anilines is 2. The summed E-state index contributed by atoms with van der Waals surface area (Å²) < 4.78 is 0. The molecular formula is C14H16N2OS2. The zero-order chi connectivity index (χ0) is 13.7. The first-order chi connectivity index (χ1) is 9.20. The van der Waals surface area contributed by atoms with Crippen LogP contribution in [-0.2, 0) is 11.3 Å². The molecule has 0 spiro atoms. The maximum atomic E-state index is 11.1.